The largest absolute Gasteiger partial charge is 0.350 e. The summed E-state index contributed by atoms with van der Waals surface area (Å²) in [5.41, 5.74) is -0.0674. The van der Waals surface area contributed by atoms with Crippen LogP contribution in [0.2, 0.25) is 0 Å². The Kier molecular flexibility index (Phi) is 5.31. The third kappa shape index (κ3) is 4.80. The molecule has 0 aliphatic heterocycles. The van der Waals surface area contributed by atoms with Crippen LogP contribution in [0.15, 0.2) is 23.1 Å². The minimum absolute atomic E-state index is 0.0674. The van der Waals surface area contributed by atoms with Gasteiger partial charge in [0.15, 0.2) is 0 Å². The van der Waals surface area contributed by atoms with E-state index in [1.165, 1.54) is 0 Å². The number of carbonyl (C=O) groups excluding carboxylic acids is 1. The van der Waals surface area contributed by atoms with Crippen LogP contribution in [0.4, 0.5) is 4.39 Å². The van der Waals surface area contributed by atoms with E-state index in [0.717, 1.165) is 31.0 Å². The fourth-order valence-corrected chi connectivity index (χ4v) is 2.44. The van der Waals surface area contributed by atoms with Crippen molar-refractivity contribution in [3.63, 3.8) is 0 Å². The predicted octanol–water partition coefficient (Wildman–Crippen LogP) is 2.67. The summed E-state index contributed by atoms with van der Waals surface area (Å²) in [7, 11) is 1.07. The van der Waals surface area contributed by atoms with Crippen molar-refractivity contribution in [1.82, 2.24) is 5.32 Å². The lowest BCUT2D eigenvalue weighted by Crippen LogP contribution is -2.32. The number of carbonyl (C=O) groups is 1. The molecule has 7 heteroatoms. The SMILES string of the molecule is CCCC(C)NC(=O)c1cc(F)cc(S(=O)(=O)Cl)c1. The molecule has 4 nitrogen and oxygen atoms in total. The number of rotatable bonds is 5. The molecule has 0 saturated heterocycles. The van der Waals surface area contributed by atoms with Gasteiger partial charge in [-0.05, 0) is 31.5 Å². The summed E-state index contributed by atoms with van der Waals surface area (Å²) in [5, 5.41) is 2.66. The lowest BCUT2D eigenvalue weighted by molar-refractivity contribution is 0.0937. The van der Waals surface area contributed by atoms with Crippen LogP contribution >= 0.6 is 10.7 Å². The second kappa shape index (κ2) is 6.34. The second-order valence-electron chi connectivity index (χ2n) is 4.28. The molecule has 0 fully saturated rings. The van der Waals surface area contributed by atoms with Crippen molar-refractivity contribution in [1.29, 1.82) is 0 Å². The summed E-state index contributed by atoms with van der Waals surface area (Å²) in [5.74, 6) is -1.35. The van der Waals surface area contributed by atoms with Crippen LogP contribution in [-0.2, 0) is 9.05 Å². The van der Waals surface area contributed by atoms with E-state index in [9.17, 15) is 17.6 Å². The molecule has 0 aliphatic carbocycles. The molecule has 1 unspecified atom stereocenters. The van der Waals surface area contributed by atoms with Crippen LogP contribution in [0.25, 0.3) is 0 Å². The van der Waals surface area contributed by atoms with Gasteiger partial charge in [0.1, 0.15) is 5.82 Å². The van der Waals surface area contributed by atoms with E-state index in [4.69, 9.17) is 10.7 Å². The van der Waals surface area contributed by atoms with Gasteiger partial charge in [-0.15, -0.1) is 0 Å². The maximum absolute atomic E-state index is 13.3. The number of benzene rings is 1. The molecule has 0 aliphatic rings. The normalized spacial score (nSPS) is 13.1. The maximum Gasteiger partial charge on any atom is 0.261 e. The van der Waals surface area contributed by atoms with Gasteiger partial charge >= 0.3 is 0 Å². The highest BCUT2D eigenvalue weighted by molar-refractivity contribution is 8.13. The van der Waals surface area contributed by atoms with Crippen molar-refractivity contribution >= 4 is 25.6 Å². The van der Waals surface area contributed by atoms with Crippen molar-refractivity contribution < 1.29 is 17.6 Å². The molecular formula is C12H15ClFNO3S. The molecule has 0 saturated carbocycles. The van der Waals surface area contributed by atoms with E-state index in [-0.39, 0.29) is 11.6 Å². The minimum atomic E-state index is -4.07. The van der Waals surface area contributed by atoms with Crippen LogP contribution in [0, 0.1) is 5.82 Å². The molecular weight excluding hydrogens is 293 g/mol. The molecule has 0 bridgehead atoms. The van der Waals surface area contributed by atoms with Gasteiger partial charge in [-0.25, -0.2) is 12.8 Å². The first kappa shape index (κ1) is 15.9. The third-order valence-electron chi connectivity index (χ3n) is 2.51. The number of halogens is 2. The van der Waals surface area contributed by atoms with Crippen LogP contribution in [0.1, 0.15) is 37.0 Å². The fourth-order valence-electron chi connectivity index (χ4n) is 1.65. The fraction of sp³-hybridized carbons (Fsp3) is 0.417. The molecule has 19 heavy (non-hydrogen) atoms. The highest BCUT2D eigenvalue weighted by Gasteiger charge is 2.17. The number of amides is 1. The minimum Gasteiger partial charge on any atom is -0.350 e. The molecule has 1 N–H and O–H groups in total. The molecule has 1 aromatic carbocycles. The van der Waals surface area contributed by atoms with Crippen LogP contribution in [0.5, 0.6) is 0 Å². The van der Waals surface area contributed by atoms with Crippen LogP contribution < -0.4 is 5.32 Å². The van der Waals surface area contributed by atoms with Crippen molar-refractivity contribution in [2.75, 3.05) is 0 Å². The van der Waals surface area contributed by atoms with Crippen LogP contribution in [0.3, 0.4) is 0 Å². The highest BCUT2D eigenvalue weighted by atomic mass is 35.7. The van der Waals surface area contributed by atoms with Gasteiger partial charge in [-0.2, -0.15) is 0 Å². The van der Waals surface area contributed by atoms with Crippen molar-refractivity contribution in [2.45, 2.75) is 37.6 Å². The first-order chi connectivity index (χ1) is 8.74. The molecule has 106 valence electrons. The third-order valence-corrected chi connectivity index (χ3v) is 3.85. The Hall–Kier alpha value is -1.14. The second-order valence-corrected chi connectivity index (χ2v) is 6.84. The maximum atomic E-state index is 13.3. The van der Waals surface area contributed by atoms with Gasteiger partial charge in [-0.3, -0.25) is 4.79 Å². The first-order valence-electron chi connectivity index (χ1n) is 5.80. The lowest BCUT2D eigenvalue weighted by Gasteiger charge is -2.13. The Morgan fingerprint density at radius 3 is 2.58 bits per heavy atom. The number of nitrogens with one attached hydrogen (secondary N) is 1. The monoisotopic (exact) mass is 307 g/mol. The molecule has 1 atom stereocenters. The summed E-state index contributed by atoms with van der Waals surface area (Å²) in [4.78, 5) is 11.4. The van der Waals surface area contributed by atoms with E-state index in [1.54, 1.807) is 0 Å². The highest BCUT2D eigenvalue weighted by Crippen LogP contribution is 2.18. The van der Waals surface area contributed by atoms with Crippen molar-refractivity contribution in [2.24, 2.45) is 0 Å². The summed E-state index contributed by atoms with van der Waals surface area (Å²) in [6, 6.07) is 2.73. The molecule has 1 amide bonds. The average molecular weight is 308 g/mol. The Labute approximate surface area is 116 Å². The zero-order valence-electron chi connectivity index (χ0n) is 10.6. The topological polar surface area (TPSA) is 63.2 Å². The molecule has 0 radical (unpaired) electrons. The Bertz CT molecular complexity index is 574. The van der Waals surface area contributed by atoms with E-state index in [0.29, 0.717) is 0 Å². The van der Waals surface area contributed by atoms with Crippen molar-refractivity contribution in [3.05, 3.63) is 29.6 Å². The number of hydrogen-bond acceptors (Lipinski definition) is 3. The van der Waals surface area contributed by atoms with E-state index < -0.39 is 25.7 Å². The molecule has 0 aromatic heterocycles. The van der Waals surface area contributed by atoms with Gasteiger partial charge < -0.3 is 5.32 Å². The summed E-state index contributed by atoms with van der Waals surface area (Å²) in [6.07, 6.45) is 1.67. The molecule has 0 heterocycles. The van der Waals surface area contributed by atoms with Gasteiger partial charge in [-0.1, -0.05) is 13.3 Å². The molecule has 1 rings (SSSR count). The van der Waals surface area contributed by atoms with Gasteiger partial charge in [0, 0.05) is 22.3 Å². The van der Waals surface area contributed by atoms with Gasteiger partial charge in [0.25, 0.3) is 15.0 Å². The molecule has 1 aromatic rings. The van der Waals surface area contributed by atoms with Crippen molar-refractivity contribution in [3.8, 4) is 0 Å². The van der Waals surface area contributed by atoms with Gasteiger partial charge in [0.05, 0.1) is 4.90 Å². The van der Waals surface area contributed by atoms with Gasteiger partial charge in [0.2, 0.25) is 0 Å². The Balaban J connectivity index is 3.01. The summed E-state index contributed by atoms with van der Waals surface area (Å²) >= 11 is 0. The lowest BCUT2D eigenvalue weighted by atomic mass is 10.1. The van der Waals surface area contributed by atoms with E-state index >= 15 is 0 Å². The Morgan fingerprint density at radius 2 is 2.05 bits per heavy atom. The molecule has 0 spiro atoms. The standard InChI is InChI=1S/C12H15ClFNO3S/c1-3-4-8(2)15-12(16)9-5-10(14)7-11(6-9)19(13,17)18/h5-8H,3-4H2,1-2H3,(H,15,16). The quantitative estimate of drug-likeness (QED) is 0.851. The number of hydrogen-bond donors (Lipinski definition) is 1. The van der Waals surface area contributed by atoms with E-state index in [2.05, 4.69) is 5.32 Å². The smallest absolute Gasteiger partial charge is 0.261 e. The zero-order valence-corrected chi connectivity index (χ0v) is 12.2. The summed E-state index contributed by atoms with van der Waals surface area (Å²) in [6.45, 7) is 3.79. The first-order valence-corrected chi connectivity index (χ1v) is 8.11. The predicted molar refractivity (Wildman–Crippen MR) is 71.3 cm³/mol. The Morgan fingerprint density at radius 1 is 1.42 bits per heavy atom. The zero-order chi connectivity index (χ0) is 14.6. The summed E-state index contributed by atoms with van der Waals surface area (Å²) < 4.78 is 35.6. The van der Waals surface area contributed by atoms with E-state index in [1.807, 2.05) is 13.8 Å². The van der Waals surface area contributed by atoms with Crippen LogP contribution in [-0.4, -0.2) is 20.4 Å². The average Bonchev–Trinajstić information content (AvgIpc) is 2.27.